The van der Waals surface area contributed by atoms with E-state index in [0.717, 1.165) is 12.8 Å². The molecule has 1 rings (SSSR count). The summed E-state index contributed by atoms with van der Waals surface area (Å²) in [5.41, 5.74) is 0.329. The lowest BCUT2D eigenvalue weighted by Gasteiger charge is -2.37. The van der Waals surface area contributed by atoms with E-state index < -0.39 is 5.97 Å². The molecule has 0 saturated heterocycles. The third-order valence-corrected chi connectivity index (χ3v) is 3.87. The van der Waals surface area contributed by atoms with Crippen LogP contribution in [-0.4, -0.2) is 31.6 Å². The average Bonchev–Trinajstić information content (AvgIpc) is 2.27. The molecule has 4 heteroatoms. The molecule has 0 aromatic rings. The van der Waals surface area contributed by atoms with Crippen LogP contribution in [0.25, 0.3) is 0 Å². The zero-order chi connectivity index (χ0) is 14.5. The molecular formula is C15H26O4. The highest BCUT2D eigenvalue weighted by molar-refractivity contribution is 5.96. The number of rotatable bonds is 6. The number of hydrogen-bond acceptors (Lipinski definition) is 4. The van der Waals surface area contributed by atoms with Gasteiger partial charge in [0.1, 0.15) is 19.1 Å². The van der Waals surface area contributed by atoms with Gasteiger partial charge in [0.15, 0.2) is 5.78 Å². The SMILES string of the molecule is COCC(=O)CC(=O)OC(C)C1CCCC(C)(C)C1. The molecule has 0 amide bonds. The van der Waals surface area contributed by atoms with Crippen LogP contribution in [0.5, 0.6) is 0 Å². The van der Waals surface area contributed by atoms with Crippen molar-refractivity contribution in [2.45, 2.75) is 59.0 Å². The highest BCUT2D eigenvalue weighted by Gasteiger charge is 2.32. The Balaban J connectivity index is 2.39. The number of carbonyl (C=O) groups excluding carboxylic acids is 2. The topological polar surface area (TPSA) is 52.6 Å². The molecule has 2 atom stereocenters. The highest BCUT2D eigenvalue weighted by atomic mass is 16.5. The van der Waals surface area contributed by atoms with Crippen molar-refractivity contribution < 1.29 is 19.1 Å². The molecule has 1 fully saturated rings. The van der Waals surface area contributed by atoms with Crippen molar-refractivity contribution >= 4 is 11.8 Å². The minimum atomic E-state index is -0.432. The summed E-state index contributed by atoms with van der Waals surface area (Å²) in [6.07, 6.45) is 4.30. The summed E-state index contributed by atoms with van der Waals surface area (Å²) in [5, 5.41) is 0. The van der Waals surface area contributed by atoms with Crippen LogP contribution in [0.3, 0.4) is 0 Å². The molecule has 110 valence electrons. The first-order valence-electron chi connectivity index (χ1n) is 7.04. The molecule has 0 N–H and O–H groups in total. The normalized spacial score (nSPS) is 23.7. The lowest BCUT2D eigenvalue weighted by molar-refractivity contribution is -0.154. The van der Waals surface area contributed by atoms with Gasteiger partial charge in [-0.15, -0.1) is 0 Å². The van der Waals surface area contributed by atoms with Crippen molar-refractivity contribution in [1.82, 2.24) is 0 Å². The average molecular weight is 270 g/mol. The fraction of sp³-hybridized carbons (Fsp3) is 0.867. The zero-order valence-electron chi connectivity index (χ0n) is 12.5. The molecule has 0 aromatic heterocycles. The number of esters is 1. The minimum Gasteiger partial charge on any atom is -0.462 e. The first-order valence-corrected chi connectivity index (χ1v) is 7.04. The molecule has 4 nitrogen and oxygen atoms in total. The van der Waals surface area contributed by atoms with E-state index in [1.54, 1.807) is 0 Å². The first kappa shape index (κ1) is 16.2. The molecule has 0 radical (unpaired) electrons. The van der Waals surface area contributed by atoms with Gasteiger partial charge >= 0.3 is 5.97 Å². The van der Waals surface area contributed by atoms with Crippen LogP contribution >= 0.6 is 0 Å². The molecule has 0 aromatic carbocycles. The molecule has 1 aliphatic carbocycles. The van der Waals surface area contributed by atoms with Crippen LogP contribution in [-0.2, 0) is 19.1 Å². The van der Waals surface area contributed by atoms with Crippen LogP contribution in [0.2, 0.25) is 0 Å². The number of ketones is 1. The van der Waals surface area contributed by atoms with Crippen molar-refractivity contribution in [3.05, 3.63) is 0 Å². The summed E-state index contributed by atoms with van der Waals surface area (Å²) >= 11 is 0. The minimum absolute atomic E-state index is 0.0278. The molecule has 2 unspecified atom stereocenters. The van der Waals surface area contributed by atoms with Crippen molar-refractivity contribution in [2.24, 2.45) is 11.3 Å². The van der Waals surface area contributed by atoms with E-state index >= 15 is 0 Å². The third kappa shape index (κ3) is 5.72. The molecule has 1 saturated carbocycles. The van der Waals surface area contributed by atoms with E-state index in [1.807, 2.05) is 6.92 Å². The summed E-state index contributed by atoms with van der Waals surface area (Å²) in [6, 6.07) is 0. The summed E-state index contributed by atoms with van der Waals surface area (Å²) in [7, 11) is 1.44. The summed E-state index contributed by atoms with van der Waals surface area (Å²) in [4.78, 5) is 22.9. The van der Waals surface area contributed by atoms with E-state index in [-0.39, 0.29) is 24.9 Å². The predicted molar refractivity (Wildman–Crippen MR) is 72.8 cm³/mol. The quantitative estimate of drug-likeness (QED) is 0.550. The Morgan fingerprint density at radius 2 is 2.05 bits per heavy atom. The van der Waals surface area contributed by atoms with E-state index in [2.05, 4.69) is 13.8 Å². The lowest BCUT2D eigenvalue weighted by atomic mass is 9.71. The summed E-state index contributed by atoms with van der Waals surface area (Å²) < 4.78 is 10.1. The fourth-order valence-electron chi connectivity index (χ4n) is 2.88. The maximum Gasteiger partial charge on any atom is 0.313 e. The van der Waals surface area contributed by atoms with E-state index in [9.17, 15) is 9.59 Å². The van der Waals surface area contributed by atoms with Crippen LogP contribution < -0.4 is 0 Å². The van der Waals surface area contributed by atoms with E-state index in [0.29, 0.717) is 11.3 Å². The number of carbonyl (C=O) groups is 2. The Morgan fingerprint density at radius 3 is 2.63 bits per heavy atom. The van der Waals surface area contributed by atoms with Crippen LogP contribution in [0.1, 0.15) is 52.9 Å². The van der Waals surface area contributed by atoms with Crippen molar-refractivity contribution in [3.63, 3.8) is 0 Å². The molecule has 0 aliphatic heterocycles. The van der Waals surface area contributed by atoms with Crippen molar-refractivity contribution in [2.75, 3.05) is 13.7 Å². The van der Waals surface area contributed by atoms with Gasteiger partial charge in [-0.05, 0) is 37.5 Å². The Hall–Kier alpha value is -0.900. The summed E-state index contributed by atoms with van der Waals surface area (Å²) in [6.45, 7) is 6.43. The largest absolute Gasteiger partial charge is 0.462 e. The first-order chi connectivity index (χ1) is 8.84. The third-order valence-electron chi connectivity index (χ3n) is 3.87. The second-order valence-electron chi connectivity index (χ2n) is 6.36. The maximum atomic E-state index is 11.6. The lowest BCUT2D eigenvalue weighted by Crippen LogP contribution is -2.32. The van der Waals surface area contributed by atoms with Gasteiger partial charge in [-0.25, -0.2) is 0 Å². The van der Waals surface area contributed by atoms with Crippen molar-refractivity contribution in [1.29, 1.82) is 0 Å². The van der Waals surface area contributed by atoms with Gasteiger partial charge in [0.05, 0.1) is 0 Å². The van der Waals surface area contributed by atoms with Gasteiger partial charge in [0.25, 0.3) is 0 Å². The van der Waals surface area contributed by atoms with Crippen LogP contribution in [0, 0.1) is 11.3 Å². The number of hydrogen-bond donors (Lipinski definition) is 0. The molecular weight excluding hydrogens is 244 g/mol. The van der Waals surface area contributed by atoms with Gasteiger partial charge in [-0.3, -0.25) is 9.59 Å². The second-order valence-corrected chi connectivity index (χ2v) is 6.36. The second kappa shape index (κ2) is 7.04. The van der Waals surface area contributed by atoms with Gasteiger partial charge in [-0.2, -0.15) is 0 Å². The standard InChI is InChI=1S/C15H26O4/c1-11(12-6-5-7-15(2,3)9-12)19-14(17)8-13(16)10-18-4/h11-12H,5-10H2,1-4H3. The highest BCUT2D eigenvalue weighted by Crippen LogP contribution is 2.40. The zero-order valence-corrected chi connectivity index (χ0v) is 12.5. The number of Topliss-reactive ketones (excluding diaryl/α,β-unsaturated/α-hetero) is 1. The predicted octanol–water partition coefficient (Wildman–Crippen LogP) is 2.74. The fourth-order valence-corrected chi connectivity index (χ4v) is 2.88. The molecule has 19 heavy (non-hydrogen) atoms. The van der Waals surface area contributed by atoms with Crippen molar-refractivity contribution in [3.8, 4) is 0 Å². The van der Waals surface area contributed by atoms with Gasteiger partial charge < -0.3 is 9.47 Å². The maximum absolute atomic E-state index is 11.6. The number of ether oxygens (including phenoxy) is 2. The Bertz CT molecular complexity index is 322. The molecule has 1 aliphatic rings. The van der Waals surface area contributed by atoms with Gasteiger partial charge in [-0.1, -0.05) is 20.3 Å². The summed E-state index contributed by atoms with van der Waals surface area (Å²) in [5.74, 6) is -0.258. The van der Waals surface area contributed by atoms with Gasteiger partial charge in [0.2, 0.25) is 0 Å². The number of methoxy groups -OCH3 is 1. The smallest absolute Gasteiger partial charge is 0.313 e. The van der Waals surface area contributed by atoms with Crippen LogP contribution in [0.15, 0.2) is 0 Å². The Morgan fingerprint density at radius 1 is 1.37 bits per heavy atom. The van der Waals surface area contributed by atoms with E-state index in [4.69, 9.17) is 9.47 Å². The Labute approximate surface area is 115 Å². The monoisotopic (exact) mass is 270 g/mol. The molecule has 0 bridgehead atoms. The molecule has 0 heterocycles. The van der Waals surface area contributed by atoms with Crippen LogP contribution in [0.4, 0.5) is 0 Å². The molecule has 0 spiro atoms. The van der Waals surface area contributed by atoms with E-state index in [1.165, 1.54) is 20.0 Å². The Kier molecular flexibility index (Phi) is 5.98. The van der Waals surface area contributed by atoms with Gasteiger partial charge in [0, 0.05) is 7.11 Å².